The number of nitrogens with one attached hydrogen (secondary N) is 2. The van der Waals surface area contributed by atoms with Crippen molar-refractivity contribution >= 4 is 11.4 Å². The molecule has 0 aromatic heterocycles. The maximum absolute atomic E-state index is 11.0. The van der Waals surface area contributed by atoms with Crippen LogP contribution in [0.5, 0.6) is 5.75 Å². The molecule has 1 rings (SSSR count). The topological polar surface area (TPSA) is 103 Å². The zero-order chi connectivity index (χ0) is 21.8. The van der Waals surface area contributed by atoms with Crippen LogP contribution < -0.4 is 10.6 Å². The van der Waals surface area contributed by atoms with Crippen molar-refractivity contribution in [3.05, 3.63) is 18.2 Å². The number of aromatic hydroxyl groups is 1. The molecule has 1 aromatic carbocycles. The molecule has 0 saturated carbocycles. The lowest BCUT2D eigenvalue weighted by atomic mass is 10.1. The second-order valence-electron chi connectivity index (χ2n) is 7.42. The van der Waals surface area contributed by atoms with Crippen LogP contribution in [0.3, 0.4) is 0 Å². The Bertz CT molecular complexity index is 566. The molecule has 1 aromatic rings. The third-order valence-corrected chi connectivity index (χ3v) is 4.52. The largest absolute Gasteiger partial charge is 0.506 e. The molecule has 0 saturated heterocycles. The van der Waals surface area contributed by atoms with Crippen LogP contribution in [-0.4, -0.2) is 40.4 Å². The van der Waals surface area contributed by atoms with Gasteiger partial charge in [0.05, 0.1) is 18.9 Å². The van der Waals surface area contributed by atoms with Gasteiger partial charge < -0.3 is 35.4 Å². The van der Waals surface area contributed by atoms with Crippen LogP contribution in [0.4, 0.5) is 11.4 Å². The van der Waals surface area contributed by atoms with Gasteiger partial charge in [0, 0.05) is 12.8 Å². The maximum Gasteiger partial charge on any atom is 0.246 e. The Hall–Kier alpha value is -1.54. The minimum atomic E-state index is -1.62. The summed E-state index contributed by atoms with van der Waals surface area (Å²) in [6, 6.07) is 4.90. The molecule has 0 bridgehead atoms. The van der Waals surface area contributed by atoms with Gasteiger partial charge in [-0.25, -0.2) is 0 Å². The Morgan fingerprint density at radius 3 is 1.79 bits per heavy atom. The van der Waals surface area contributed by atoms with Crippen LogP contribution in [0.2, 0.25) is 0 Å². The molecule has 0 radical (unpaired) electrons. The summed E-state index contributed by atoms with van der Waals surface area (Å²) in [5.41, 5.74) is 0.687. The fraction of sp³-hybridized carbons (Fsp3) is 0.727. The molecule has 0 aliphatic rings. The smallest absolute Gasteiger partial charge is 0.246 e. The van der Waals surface area contributed by atoms with Crippen molar-refractivity contribution in [2.24, 2.45) is 0 Å². The molecule has 0 aliphatic heterocycles. The zero-order valence-electron chi connectivity index (χ0n) is 18.5. The van der Waals surface area contributed by atoms with Crippen molar-refractivity contribution in [2.75, 3.05) is 23.8 Å². The average molecular weight is 413 g/mol. The molecule has 0 heterocycles. The second kappa shape index (κ2) is 12.9. The van der Waals surface area contributed by atoms with E-state index in [1.165, 1.54) is 6.07 Å². The van der Waals surface area contributed by atoms with E-state index in [1.807, 2.05) is 27.7 Å². The highest BCUT2D eigenvalue weighted by Gasteiger charge is 2.32. The minimum absolute atomic E-state index is 0.0571. The Labute approximate surface area is 175 Å². The summed E-state index contributed by atoms with van der Waals surface area (Å²) < 4.78 is 11.3. The first-order chi connectivity index (χ1) is 13.8. The summed E-state index contributed by atoms with van der Waals surface area (Å²) in [5, 5.41) is 38.4. The van der Waals surface area contributed by atoms with Crippen molar-refractivity contribution in [3.8, 4) is 5.75 Å². The van der Waals surface area contributed by atoms with Crippen LogP contribution in [0.1, 0.15) is 79.1 Å². The quantitative estimate of drug-likeness (QED) is 0.197. The molecule has 2 atom stereocenters. The lowest BCUT2D eigenvalue weighted by Crippen LogP contribution is -2.44. The van der Waals surface area contributed by atoms with Gasteiger partial charge in [0.2, 0.25) is 11.8 Å². The molecule has 7 heteroatoms. The summed E-state index contributed by atoms with van der Waals surface area (Å²) in [6.45, 7) is 8.79. The fourth-order valence-corrected chi connectivity index (χ4v) is 2.90. The molecule has 0 amide bonds. The molecule has 7 nitrogen and oxygen atoms in total. The number of hydrogen-bond donors (Lipinski definition) is 5. The number of rotatable bonds is 16. The van der Waals surface area contributed by atoms with Crippen molar-refractivity contribution < 1.29 is 24.8 Å². The number of ether oxygens (including phenoxy) is 2. The number of phenolic OH excluding ortho intramolecular Hbond substituents is 1. The number of anilines is 2. The average Bonchev–Trinajstić information content (AvgIpc) is 2.70. The highest BCUT2D eigenvalue weighted by molar-refractivity contribution is 5.76. The van der Waals surface area contributed by atoms with Gasteiger partial charge in [0.25, 0.3) is 0 Å². The summed E-state index contributed by atoms with van der Waals surface area (Å²) >= 11 is 0. The number of phenols is 1. The van der Waals surface area contributed by atoms with Crippen LogP contribution in [0.15, 0.2) is 18.2 Å². The Morgan fingerprint density at radius 1 is 0.793 bits per heavy atom. The Balaban J connectivity index is 3.14. The van der Waals surface area contributed by atoms with Gasteiger partial charge in [0.15, 0.2) is 0 Å². The highest BCUT2D eigenvalue weighted by atomic mass is 16.6. The number of unbranched alkanes of at least 4 members (excludes halogenated alkanes) is 2. The number of hydrogen-bond acceptors (Lipinski definition) is 7. The van der Waals surface area contributed by atoms with Crippen LogP contribution in [-0.2, 0) is 9.47 Å². The maximum atomic E-state index is 11.0. The normalized spacial score (nSPS) is 15.5. The monoisotopic (exact) mass is 412 g/mol. The van der Waals surface area contributed by atoms with E-state index in [4.69, 9.17) is 9.47 Å². The van der Waals surface area contributed by atoms with Gasteiger partial charge in [-0.3, -0.25) is 0 Å². The minimum Gasteiger partial charge on any atom is -0.506 e. The third-order valence-electron chi connectivity index (χ3n) is 4.52. The zero-order valence-corrected chi connectivity index (χ0v) is 18.5. The standard InChI is InChI=1S/C22H40N2O5/c1-5-9-14-21(26,28-16-7-3)23-18-12-11-13-19(25)20(18)24-22(27,15-10-6-2)29-17-8-4/h11-13,23-27H,5-10,14-17H2,1-4H3. The van der Waals surface area contributed by atoms with Crippen LogP contribution in [0, 0.1) is 0 Å². The lowest BCUT2D eigenvalue weighted by molar-refractivity contribution is -0.188. The van der Waals surface area contributed by atoms with E-state index in [2.05, 4.69) is 10.6 Å². The van der Waals surface area contributed by atoms with E-state index in [1.54, 1.807) is 12.1 Å². The van der Waals surface area contributed by atoms with E-state index in [9.17, 15) is 15.3 Å². The SMILES string of the molecule is CCCCC(O)(Nc1cccc(O)c1NC(O)(CCCC)OCCC)OCCC. The van der Waals surface area contributed by atoms with E-state index >= 15 is 0 Å². The number of para-hydroxylation sites is 1. The molecule has 0 aliphatic carbocycles. The van der Waals surface area contributed by atoms with Crippen molar-refractivity contribution in [1.82, 2.24) is 0 Å². The second-order valence-corrected chi connectivity index (χ2v) is 7.42. The lowest BCUT2D eigenvalue weighted by Gasteiger charge is -2.34. The molecule has 2 unspecified atom stereocenters. The molecular formula is C22H40N2O5. The van der Waals surface area contributed by atoms with Crippen molar-refractivity contribution in [2.45, 2.75) is 90.9 Å². The summed E-state index contributed by atoms with van der Waals surface area (Å²) in [7, 11) is 0. The summed E-state index contributed by atoms with van der Waals surface area (Å²) in [4.78, 5) is 0. The van der Waals surface area contributed by atoms with E-state index in [0.29, 0.717) is 31.7 Å². The Morgan fingerprint density at radius 2 is 1.31 bits per heavy atom. The highest BCUT2D eigenvalue weighted by Crippen LogP contribution is 2.37. The van der Waals surface area contributed by atoms with Crippen molar-refractivity contribution in [1.29, 1.82) is 0 Å². The number of benzene rings is 1. The molecule has 5 N–H and O–H groups in total. The third kappa shape index (κ3) is 8.78. The number of aliphatic hydroxyl groups is 2. The predicted molar refractivity (Wildman–Crippen MR) is 117 cm³/mol. The van der Waals surface area contributed by atoms with Gasteiger partial charge >= 0.3 is 0 Å². The molecule has 168 valence electrons. The fourth-order valence-electron chi connectivity index (χ4n) is 2.90. The molecule has 0 spiro atoms. The van der Waals surface area contributed by atoms with E-state index in [-0.39, 0.29) is 11.4 Å². The molecular weight excluding hydrogens is 372 g/mol. The first-order valence-electron chi connectivity index (χ1n) is 10.9. The van der Waals surface area contributed by atoms with Gasteiger partial charge in [-0.05, 0) is 37.8 Å². The summed E-state index contributed by atoms with van der Waals surface area (Å²) in [6.07, 6.45) is 5.61. The summed E-state index contributed by atoms with van der Waals surface area (Å²) in [5.74, 6) is -3.24. The predicted octanol–water partition coefficient (Wildman–Crippen LogP) is 4.74. The van der Waals surface area contributed by atoms with Crippen molar-refractivity contribution in [3.63, 3.8) is 0 Å². The van der Waals surface area contributed by atoms with E-state index in [0.717, 1.165) is 38.5 Å². The van der Waals surface area contributed by atoms with Gasteiger partial charge in [-0.1, -0.05) is 46.6 Å². The van der Waals surface area contributed by atoms with Gasteiger partial charge in [-0.2, -0.15) is 0 Å². The first-order valence-corrected chi connectivity index (χ1v) is 10.9. The molecule has 0 fully saturated rings. The van der Waals surface area contributed by atoms with Crippen LogP contribution >= 0.6 is 0 Å². The van der Waals surface area contributed by atoms with Crippen LogP contribution in [0.25, 0.3) is 0 Å². The first kappa shape index (κ1) is 25.5. The van der Waals surface area contributed by atoms with Gasteiger partial charge in [0.1, 0.15) is 11.4 Å². The van der Waals surface area contributed by atoms with Gasteiger partial charge in [-0.15, -0.1) is 0 Å². The van der Waals surface area contributed by atoms with E-state index < -0.39 is 11.8 Å². The Kier molecular flexibility index (Phi) is 11.3. The molecule has 29 heavy (non-hydrogen) atoms.